The van der Waals surface area contributed by atoms with Crippen molar-refractivity contribution in [1.29, 1.82) is 0 Å². The molecule has 6 nitrogen and oxygen atoms in total. The molecule has 0 bridgehead atoms. The highest BCUT2D eigenvalue weighted by molar-refractivity contribution is 5.89. The van der Waals surface area contributed by atoms with Crippen molar-refractivity contribution in [3.8, 4) is 0 Å². The van der Waals surface area contributed by atoms with Crippen LogP contribution in [0.1, 0.15) is 6.92 Å². The van der Waals surface area contributed by atoms with E-state index in [0.29, 0.717) is 0 Å². The SMILES string of the molecule is C[C@@H](O)C1COC(=O)N1c1ccnc(F)n1. The smallest absolute Gasteiger partial charge is 0.416 e. The van der Waals surface area contributed by atoms with Gasteiger partial charge < -0.3 is 9.84 Å². The van der Waals surface area contributed by atoms with Gasteiger partial charge >= 0.3 is 12.2 Å². The lowest BCUT2D eigenvalue weighted by atomic mass is 10.2. The third-order valence-corrected chi connectivity index (χ3v) is 2.32. The van der Waals surface area contributed by atoms with Crippen LogP contribution in [0.15, 0.2) is 12.3 Å². The zero-order chi connectivity index (χ0) is 11.7. The summed E-state index contributed by atoms with van der Waals surface area (Å²) < 4.78 is 17.6. The topological polar surface area (TPSA) is 75.6 Å². The Morgan fingerprint density at radius 3 is 3.12 bits per heavy atom. The van der Waals surface area contributed by atoms with Crippen LogP contribution in [0.25, 0.3) is 0 Å². The Labute approximate surface area is 90.7 Å². The Bertz CT molecular complexity index is 413. The van der Waals surface area contributed by atoms with Gasteiger partial charge in [0, 0.05) is 6.20 Å². The third kappa shape index (κ3) is 1.81. The van der Waals surface area contributed by atoms with Crippen LogP contribution in [0.2, 0.25) is 0 Å². The Kier molecular flexibility index (Phi) is 2.69. The maximum absolute atomic E-state index is 12.8. The molecule has 0 aromatic carbocycles. The first-order valence-electron chi connectivity index (χ1n) is 4.72. The summed E-state index contributed by atoms with van der Waals surface area (Å²) in [5.41, 5.74) is 0. The third-order valence-electron chi connectivity index (χ3n) is 2.32. The number of hydrogen-bond acceptors (Lipinski definition) is 5. The fraction of sp³-hybridized carbons (Fsp3) is 0.444. The molecule has 0 spiro atoms. The van der Waals surface area contributed by atoms with Crippen molar-refractivity contribution < 1.29 is 19.0 Å². The average Bonchev–Trinajstić information content (AvgIpc) is 2.60. The first kappa shape index (κ1) is 10.7. The van der Waals surface area contributed by atoms with Gasteiger partial charge in [-0.05, 0) is 13.0 Å². The van der Waals surface area contributed by atoms with E-state index < -0.39 is 24.3 Å². The molecule has 2 rings (SSSR count). The van der Waals surface area contributed by atoms with Crippen molar-refractivity contribution in [2.75, 3.05) is 11.5 Å². The molecule has 2 atom stereocenters. The van der Waals surface area contributed by atoms with Gasteiger partial charge in [0.2, 0.25) is 0 Å². The van der Waals surface area contributed by atoms with E-state index in [1.807, 2.05) is 0 Å². The van der Waals surface area contributed by atoms with Crippen LogP contribution in [0.3, 0.4) is 0 Å². The number of nitrogens with zero attached hydrogens (tertiary/aromatic N) is 3. The van der Waals surface area contributed by atoms with E-state index in [2.05, 4.69) is 9.97 Å². The number of ether oxygens (including phenoxy) is 1. The monoisotopic (exact) mass is 227 g/mol. The normalized spacial score (nSPS) is 22.1. The van der Waals surface area contributed by atoms with Crippen molar-refractivity contribution in [2.24, 2.45) is 0 Å². The van der Waals surface area contributed by atoms with Crippen molar-refractivity contribution in [1.82, 2.24) is 9.97 Å². The lowest BCUT2D eigenvalue weighted by Crippen LogP contribution is -2.41. The minimum absolute atomic E-state index is 0.0577. The molecule has 1 aromatic rings. The Morgan fingerprint density at radius 2 is 2.50 bits per heavy atom. The molecule has 1 aliphatic heterocycles. The highest BCUT2D eigenvalue weighted by Crippen LogP contribution is 2.22. The number of anilines is 1. The van der Waals surface area contributed by atoms with Gasteiger partial charge in [0.1, 0.15) is 18.5 Å². The van der Waals surface area contributed by atoms with Crippen molar-refractivity contribution in [3.05, 3.63) is 18.3 Å². The Balaban J connectivity index is 2.33. The highest BCUT2D eigenvalue weighted by Gasteiger charge is 2.38. The maximum Gasteiger partial charge on any atom is 0.416 e. The second kappa shape index (κ2) is 4.01. The predicted octanol–water partition coefficient (Wildman–Crippen LogP) is 0.322. The number of cyclic esters (lactones) is 1. The Hall–Kier alpha value is -1.76. The van der Waals surface area contributed by atoms with Crippen LogP contribution in [-0.4, -0.2) is 39.9 Å². The van der Waals surface area contributed by atoms with Gasteiger partial charge in [-0.25, -0.2) is 9.78 Å². The summed E-state index contributed by atoms with van der Waals surface area (Å²) in [7, 11) is 0. The fourth-order valence-electron chi connectivity index (χ4n) is 1.51. The summed E-state index contributed by atoms with van der Waals surface area (Å²) in [6.45, 7) is 1.58. The van der Waals surface area contributed by atoms with Crippen LogP contribution < -0.4 is 4.90 Å². The highest BCUT2D eigenvalue weighted by atomic mass is 19.1. The molecule has 2 heterocycles. The molecule has 0 aliphatic carbocycles. The van der Waals surface area contributed by atoms with Gasteiger partial charge in [0.05, 0.1) is 6.10 Å². The van der Waals surface area contributed by atoms with Gasteiger partial charge in [-0.3, -0.25) is 4.90 Å². The number of rotatable bonds is 2. The van der Waals surface area contributed by atoms with Gasteiger partial charge in [-0.15, -0.1) is 0 Å². The molecule has 0 saturated carbocycles. The van der Waals surface area contributed by atoms with Crippen LogP contribution in [-0.2, 0) is 4.74 Å². The van der Waals surface area contributed by atoms with Crippen molar-refractivity contribution >= 4 is 11.9 Å². The molecular weight excluding hydrogens is 217 g/mol. The van der Waals surface area contributed by atoms with Crippen LogP contribution in [0.5, 0.6) is 0 Å². The first-order chi connectivity index (χ1) is 7.59. The molecular formula is C9H10FN3O3. The van der Waals surface area contributed by atoms with E-state index in [-0.39, 0.29) is 12.4 Å². The number of aliphatic hydroxyl groups is 1. The number of carbonyl (C=O) groups is 1. The van der Waals surface area contributed by atoms with E-state index in [4.69, 9.17) is 4.74 Å². The van der Waals surface area contributed by atoms with Gasteiger partial charge in [-0.2, -0.15) is 9.37 Å². The summed E-state index contributed by atoms with van der Waals surface area (Å²) >= 11 is 0. The summed E-state index contributed by atoms with van der Waals surface area (Å²) in [5.74, 6) is 0.0842. The molecule has 1 fully saturated rings. The van der Waals surface area contributed by atoms with Crippen molar-refractivity contribution in [2.45, 2.75) is 19.1 Å². The number of carbonyl (C=O) groups excluding carboxylic acids is 1. The first-order valence-corrected chi connectivity index (χ1v) is 4.72. The molecule has 0 radical (unpaired) electrons. The largest absolute Gasteiger partial charge is 0.447 e. The maximum atomic E-state index is 12.8. The second-order valence-electron chi connectivity index (χ2n) is 3.44. The minimum Gasteiger partial charge on any atom is -0.447 e. The molecule has 1 aliphatic rings. The minimum atomic E-state index is -0.929. The standard InChI is InChI=1S/C9H10FN3O3/c1-5(14)6-4-16-9(15)13(6)7-2-3-11-8(10)12-7/h2-3,5-6,14H,4H2,1H3/t5-,6?/m1/s1. The molecule has 86 valence electrons. The number of aromatic nitrogens is 2. The van der Waals surface area contributed by atoms with Gasteiger partial charge in [0.25, 0.3) is 0 Å². The summed E-state index contributed by atoms with van der Waals surface area (Å²) in [4.78, 5) is 19.3. The predicted molar refractivity (Wildman–Crippen MR) is 51.3 cm³/mol. The van der Waals surface area contributed by atoms with E-state index in [1.165, 1.54) is 19.2 Å². The molecule has 1 amide bonds. The van der Waals surface area contributed by atoms with Gasteiger partial charge in [0.15, 0.2) is 0 Å². The average molecular weight is 227 g/mol. The number of amides is 1. The van der Waals surface area contributed by atoms with Crippen LogP contribution in [0, 0.1) is 6.08 Å². The van der Waals surface area contributed by atoms with Crippen molar-refractivity contribution in [3.63, 3.8) is 0 Å². The molecule has 1 aromatic heterocycles. The van der Waals surface area contributed by atoms with E-state index in [9.17, 15) is 14.3 Å². The molecule has 7 heteroatoms. The zero-order valence-corrected chi connectivity index (χ0v) is 8.50. The Morgan fingerprint density at radius 1 is 1.75 bits per heavy atom. The number of hydrogen-bond donors (Lipinski definition) is 1. The van der Waals surface area contributed by atoms with Crippen LogP contribution >= 0.6 is 0 Å². The quantitative estimate of drug-likeness (QED) is 0.736. The fourth-order valence-corrected chi connectivity index (χ4v) is 1.51. The second-order valence-corrected chi connectivity index (χ2v) is 3.44. The van der Waals surface area contributed by atoms with E-state index in [0.717, 1.165) is 4.90 Å². The summed E-state index contributed by atoms with van der Waals surface area (Å²) in [6.07, 6.45) is -1.17. The summed E-state index contributed by atoms with van der Waals surface area (Å²) in [5, 5.41) is 9.46. The lowest BCUT2D eigenvalue weighted by Gasteiger charge is -2.21. The van der Waals surface area contributed by atoms with E-state index in [1.54, 1.807) is 0 Å². The number of halogens is 1. The molecule has 1 unspecified atom stereocenters. The summed E-state index contributed by atoms with van der Waals surface area (Å²) in [6, 6.07) is 0.826. The van der Waals surface area contributed by atoms with Crippen LogP contribution in [0.4, 0.5) is 15.0 Å². The molecule has 1 N–H and O–H groups in total. The molecule has 1 saturated heterocycles. The van der Waals surface area contributed by atoms with Gasteiger partial charge in [-0.1, -0.05) is 0 Å². The number of aliphatic hydroxyl groups excluding tert-OH is 1. The lowest BCUT2D eigenvalue weighted by molar-refractivity contribution is 0.142. The van der Waals surface area contributed by atoms with E-state index >= 15 is 0 Å². The zero-order valence-electron chi connectivity index (χ0n) is 8.50. The molecule has 16 heavy (non-hydrogen) atoms.